The number of alkyl halides is 1. The molecule has 1 fully saturated rings. The zero-order valence-electron chi connectivity index (χ0n) is 9.72. The molecule has 1 aliphatic rings. The molecule has 4 heteroatoms. The van der Waals surface area contributed by atoms with Crippen LogP contribution < -0.4 is 0 Å². The van der Waals surface area contributed by atoms with Crippen LogP contribution in [0.25, 0.3) is 0 Å². The van der Waals surface area contributed by atoms with E-state index in [1.807, 2.05) is 0 Å². The van der Waals surface area contributed by atoms with Crippen molar-refractivity contribution in [1.29, 1.82) is 0 Å². The van der Waals surface area contributed by atoms with Gasteiger partial charge in [-0.15, -0.1) is 11.3 Å². The summed E-state index contributed by atoms with van der Waals surface area (Å²) in [5.74, 6) is 0.977. The molecule has 1 aliphatic carbocycles. The van der Waals surface area contributed by atoms with Gasteiger partial charge in [-0.25, -0.2) is 0 Å². The molecule has 1 saturated carbocycles. The lowest BCUT2D eigenvalue weighted by Gasteiger charge is -2.22. The van der Waals surface area contributed by atoms with Gasteiger partial charge in [0.15, 0.2) is 0 Å². The van der Waals surface area contributed by atoms with Crippen molar-refractivity contribution in [1.82, 2.24) is 0 Å². The molecule has 1 heterocycles. The van der Waals surface area contributed by atoms with Gasteiger partial charge in [0.05, 0.1) is 7.57 Å². The van der Waals surface area contributed by atoms with Crippen LogP contribution >= 0.6 is 59.1 Å². The second kappa shape index (κ2) is 7.06. The van der Waals surface area contributed by atoms with Gasteiger partial charge in [-0.3, -0.25) is 0 Å². The first-order chi connectivity index (χ1) is 8.16. The van der Waals surface area contributed by atoms with Crippen molar-refractivity contribution in [3.63, 3.8) is 0 Å². The third-order valence-electron chi connectivity index (χ3n) is 3.57. The fourth-order valence-electron chi connectivity index (χ4n) is 2.58. The molecule has 0 spiro atoms. The first-order valence-corrected chi connectivity index (χ1v) is 9.57. The second-order valence-corrected chi connectivity index (χ2v) is 9.68. The minimum absolute atomic E-state index is 0.501. The first-order valence-electron chi connectivity index (χ1n) is 6.25. The molecule has 0 N–H and O–H groups in total. The molecular formula is C13H17Br3S. The van der Waals surface area contributed by atoms with Crippen molar-refractivity contribution in [2.24, 2.45) is 5.92 Å². The van der Waals surface area contributed by atoms with Gasteiger partial charge in [0, 0.05) is 4.83 Å². The Hall–Kier alpha value is 1.14. The molecule has 0 aliphatic heterocycles. The zero-order valence-corrected chi connectivity index (χ0v) is 15.3. The van der Waals surface area contributed by atoms with Crippen LogP contribution in [0, 0.1) is 5.92 Å². The summed E-state index contributed by atoms with van der Waals surface area (Å²) in [6.45, 7) is 0. The van der Waals surface area contributed by atoms with Gasteiger partial charge in [-0.1, -0.05) is 48.0 Å². The van der Waals surface area contributed by atoms with E-state index in [4.69, 9.17) is 0 Å². The van der Waals surface area contributed by atoms with Crippen LogP contribution in [-0.4, -0.2) is 0 Å². The molecule has 1 unspecified atom stereocenters. The first kappa shape index (κ1) is 14.5. The Labute approximate surface area is 133 Å². The molecular weight excluding hydrogens is 428 g/mol. The SMILES string of the molecule is Brc1cc(C(Br)CCC2CCCCC2)c(Br)s1. The molecule has 1 atom stereocenters. The summed E-state index contributed by atoms with van der Waals surface area (Å²) >= 11 is 12.8. The Morgan fingerprint density at radius 1 is 1.24 bits per heavy atom. The molecule has 1 aromatic rings. The van der Waals surface area contributed by atoms with E-state index in [1.54, 1.807) is 11.3 Å². The maximum atomic E-state index is 3.83. The van der Waals surface area contributed by atoms with Crippen LogP contribution in [0.15, 0.2) is 13.6 Å². The Bertz CT molecular complexity index is 356. The van der Waals surface area contributed by atoms with E-state index in [2.05, 4.69) is 53.9 Å². The van der Waals surface area contributed by atoms with E-state index in [1.165, 1.54) is 58.1 Å². The van der Waals surface area contributed by atoms with Crippen LogP contribution in [0.2, 0.25) is 0 Å². The Morgan fingerprint density at radius 2 is 1.94 bits per heavy atom. The van der Waals surface area contributed by atoms with Gasteiger partial charge in [0.2, 0.25) is 0 Å². The minimum Gasteiger partial charge on any atom is -0.121 e. The summed E-state index contributed by atoms with van der Waals surface area (Å²) < 4.78 is 2.47. The summed E-state index contributed by atoms with van der Waals surface area (Å²) in [6.07, 6.45) is 9.89. The topological polar surface area (TPSA) is 0 Å². The van der Waals surface area contributed by atoms with Crippen LogP contribution in [-0.2, 0) is 0 Å². The van der Waals surface area contributed by atoms with Crippen molar-refractivity contribution in [3.05, 3.63) is 19.2 Å². The smallest absolute Gasteiger partial charge is 0.0753 e. The average molecular weight is 445 g/mol. The quantitative estimate of drug-likeness (QED) is 0.435. The Morgan fingerprint density at radius 3 is 2.53 bits per heavy atom. The monoisotopic (exact) mass is 442 g/mol. The predicted octanol–water partition coefficient (Wildman–Crippen LogP) is 7.07. The van der Waals surface area contributed by atoms with Crippen molar-refractivity contribution in [2.45, 2.75) is 49.8 Å². The summed E-state index contributed by atoms with van der Waals surface area (Å²) in [5, 5.41) is 0. The summed E-state index contributed by atoms with van der Waals surface area (Å²) in [5.41, 5.74) is 1.40. The molecule has 0 aromatic carbocycles. The van der Waals surface area contributed by atoms with Gasteiger partial charge in [0.1, 0.15) is 0 Å². The normalized spacial score (nSPS) is 19.5. The van der Waals surface area contributed by atoms with Crippen LogP contribution in [0.4, 0.5) is 0 Å². The number of hydrogen-bond acceptors (Lipinski definition) is 1. The van der Waals surface area contributed by atoms with Crippen LogP contribution in [0.5, 0.6) is 0 Å². The third kappa shape index (κ3) is 4.32. The van der Waals surface area contributed by atoms with E-state index in [0.717, 1.165) is 5.92 Å². The molecule has 0 radical (unpaired) electrons. The molecule has 0 bridgehead atoms. The van der Waals surface area contributed by atoms with Crippen molar-refractivity contribution < 1.29 is 0 Å². The van der Waals surface area contributed by atoms with Gasteiger partial charge in [-0.2, -0.15) is 0 Å². The largest absolute Gasteiger partial charge is 0.121 e. The van der Waals surface area contributed by atoms with Gasteiger partial charge in [0.25, 0.3) is 0 Å². The fraction of sp³-hybridized carbons (Fsp3) is 0.692. The zero-order chi connectivity index (χ0) is 12.3. The van der Waals surface area contributed by atoms with Gasteiger partial charge >= 0.3 is 0 Å². The fourth-order valence-corrected chi connectivity index (χ4v) is 6.64. The molecule has 0 amide bonds. The van der Waals surface area contributed by atoms with Crippen molar-refractivity contribution in [3.8, 4) is 0 Å². The van der Waals surface area contributed by atoms with Gasteiger partial charge in [-0.05, 0) is 62.2 Å². The number of hydrogen-bond donors (Lipinski definition) is 0. The van der Waals surface area contributed by atoms with E-state index >= 15 is 0 Å². The van der Waals surface area contributed by atoms with Gasteiger partial charge < -0.3 is 0 Å². The molecule has 96 valence electrons. The molecule has 0 saturated heterocycles. The highest BCUT2D eigenvalue weighted by molar-refractivity contribution is 9.12. The Kier molecular flexibility index (Phi) is 6.05. The number of halogens is 3. The average Bonchev–Trinajstić information content (AvgIpc) is 2.67. The second-order valence-electron chi connectivity index (χ2n) is 4.83. The highest BCUT2D eigenvalue weighted by atomic mass is 79.9. The minimum atomic E-state index is 0.501. The van der Waals surface area contributed by atoms with E-state index in [-0.39, 0.29) is 0 Å². The third-order valence-corrected chi connectivity index (χ3v) is 6.91. The molecule has 0 nitrogen and oxygen atoms in total. The van der Waals surface area contributed by atoms with Crippen molar-refractivity contribution in [2.75, 3.05) is 0 Å². The number of thiophene rings is 1. The lowest BCUT2D eigenvalue weighted by atomic mass is 9.85. The molecule has 2 rings (SSSR count). The summed E-state index contributed by atoms with van der Waals surface area (Å²) in [6, 6.07) is 2.23. The summed E-state index contributed by atoms with van der Waals surface area (Å²) in [4.78, 5) is 0.501. The highest BCUT2D eigenvalue weighted by Gasteiger charge is 2.18. The number of rotatable bonds is 4. The van der Waals surface area contributed by atoms with Crippen LogP contribution in [0.1, 0.15) is 55.3 Å². The maximum Gasteiger partial charge on any atom is 0.0753 e. The molecule has 1 aromatic heterocycles. The Balaban J connectivity index is 1.84. The lowest BCUT2D eigenvalue weighted by molar-refractivity contribution is 0.332. The van der Waals surface area contributed by atoms with E-state index in [0.29, 0.717) is 4.83 Å². The van der Waals surface area contributed by atoms with Crippen molar-refractivity contribution >= 4 is 59.1 Å². The van der Waals surface area contributed by atoms with E-state index < -0.39 is 0 Å². The van der Waals surface area contributed by atoms with Crippen LogP contribution in [0.3, 0.4) is 0 Å². The summed E-state index contributed by atoms with van der Waals surface area (Å²) in [7, 11) is 0. The lowest BCUT2D eigenvalue weighted by Crippen LogP contribution is -2.06. The highest BCUT2D eigenvalue weighted by Crippen LogP contribution is 2.41. The molecule has 17 heavy (non-hydrogen) atoms. The predicted molar refractivity (Wildman–Crippen MR) is 87.2 cm³/mol. The maximum absolute atomic E-state index is 3.83. The standard InChI is InChI=1S/C13H17Br3S/c14-11(10-8-12(15)17-13(10)16)7-6-9-4-2-1-3-5-9/h8-9,11H,1-7H2. The van der Waals surface area contributed by atoms with E-state index in [9.17, 15) is 0 Å².